The van der Waals surface area contributed by atoms with E-state index in [2.05, 4.69) is 22.1 Å². The minimum absolute atomic E-state index is 0.0628. The minimum Gasteiger partial charge on any atom is -0.355 e. The topological polar surface area (TPSA) is 61.4 Å². The molecule has 6 heteroatoms. The first-order valence-corrected chi connectivity index (χ1v) is 8.44. The third-order valence-corrected chi connectivity index (χ3v) is 4.98. The first kappa shape index (κ1) is 15.6. The summed E-state index contributed by atoms with van der Waals surface area (Å²) in [4.78, 5) is 27.2. The normalized spacial score (nSPS) is 13.3. The van der Waals surface area contributed by atoms with Crippen molar-refractivity contribution in [2.24, 2.45) is 0 Å². The van der Waals surface area contributed by atoms with Gasteiger partial charge < -0.3 is 15.5 Å². The van der Waals surface area contributed by atoms with Crippen LogP contribution in [0, 0.1) is 0 Å². The van der Waals surface area contributed by atoms with Crippen LogP contribution in [0.1, 0.15) is 26.4 Å². The Kier molecular flexibility index (Phi) is 4.62. The van der Waals surface area contributed by atoms with E-state index < -0.39 is 0 Å². The molecule has 1 aliphatic heterocycles. The van der Waals surface area contributed by atoms with E-state index in [-0.39, 0.29) is 11.9 Å². The van der Waals surface area contributed by atoms with Crippen LogP contribution in [0.3, 0.4) is 0 Å². The summed E-state index contributed by atoms with van der Waals surface area (Å²) in [5.41, 5.74) is 2.76. The smallest absolute Gasteiger partial charge is 0.317 e. The maximum atomic E-state index is 12.3. The van der Waals surface area contributed by atoms with Gasteiger partial charge in [-0.25, -0.2) is 4.79 Å². The molecule has 0 bridgehead atoms. The van der Waals surface area contributed by atoms with Crippen molar-refractivity contribution in [3.8, 4) is 0 Å². The van der Waals surface area contributed by atoms with Crippen LogP contribution in [0.15, 0.2) is 35.7 Å². The zero-order valence-electron chi connectivity index (χ0n) is 13.0. The van der Waals surface area contributed by atoms with Gasteiger partial charge in [0, 0.05) is 37.1 Å². The monoisotopic (exact) mass is 329 g/mol. The Hall–Kier alpha value is -2.34. The van der Waals surface area contributed by atoms with Crippen molar-refractivity contribution in [2.45, 2.75) is 19.5 Å². The van der Waals surface area contributed by atoms with E-state index in [1.807, 2.05) is 17.0 Å². The number of fused-ring (bicyclic) bond motifs is 1. The zero-order valence-corrected chi connectivity index (χ0v) is 13.8. The highest BCUT2D eigenvalue weighted by Gasteiger charge is 2.21. The lowest BCUT2D eigenvalue weighted by Gasteiger charge is -2.27. The highest BCUT2D eigenvalue weighted by atomic mass is 32.1. The summed E-state index contributed by atoms with van der Waals surface area (Å²) in [7, 11) is 1.60. The number of carbonyl (C=O) groups excluding carboxylic acids is 2. The van der Waals surface area contributed by atoms with Gasteiger partial charge >= 0.3 is 6.03 Å². The highest BCUT2D eigenvalue weighted by molar-refractivity contribution is 7.10. The van der Waals surface area contributed by atoms with Crippen LogP contribution < -0.4 is 10.6 Å². The molecule has 0 unspecified atom stereocenters. The number of carbonyl (C=O) groups is 2. The second kappa shape index (κ2) is 6.83. The molecule has 2 heterocycles. The van der Waals surface area contributed by atoms with Crippen molar-refractivity contribution in [2.75, 3.05) is 13.6 Å². The summed E-state index contributed by atoms with van der Waals surface area (Å²) in [5, 5.41) is 7.61. The molecule has 5 nitrogen and oxygen atoms in total. The summed E-state index contributed by atoms with van der Waals surface area (Å²) >= 11 is 1.76. The fourth-order valence-electron chi connectivity index (χ4n) is 2.68. The third-order valence-electron chi connectivity index (χ3n) is 3.95. The second-order valence-electron chi connectivity index (χ2n) is 5.48. The zero-order chi connectivity index (χ0) is 16.2. The summed E-state index contributed by atoms with van der Waals surface area (Å²) in [6.07, 6.45) is 0.923. The van der Waals surface area contributed by atoms with E-state index in [4.69, 9.17) is 0 Å². The van der Waals surface area contributed by atoms with Gasteiger partial charge in [0.1, 0.15) is 0 Å². The molecule has 23 heavy (non-hydrogen) atoms. The number of thiophene rings is 1. The van der Waals surface area contributed by atoms with Crippen LogP contribution in [0.2, 0.25) is 0 Å². The van der Waals surface area contributed by atoms with Crippen molar-refractivity contribution < 1.29 is 9.59 Å². The molecule has 1 aromatic heterocycles. The average Bonchev–Trinajstić information content (AvgIpc) is 3.06. The maximum absolute atomic E-state index is 12.3. The Labute approximate surface area is 139 Å². The Morgan fingerprint density at radius 2 is 2.17 bits per heavy atom. The number of rotatable bonds is 3. The lowest BCUT2D eigenvalue weighted by Crippen LogP contribution is -2.42. The molecule has 0 radical (unpaired) electrons. The van der Waals surface area contributed by atoms with Crippen molar-refractivity contribution in [1.29, 1.82) is 0 Å². The maximum Gasteiger partial charge on any atom is 0.317 e. The van der Waals surface area contributed by atoms with E-state index >= 15 is 0 Å². The third kappa shape index (κ3) is 3.53. The first-order valence-electron chi connectivity index (χ1n) is 7.56. The molecule has 0 saturated heterocycles. The largest absolute Gasteiger partial charge is 0.355 e. The highest BCUT2D eigenvalue weighted by Crippen LogP contribution is 2.23. The van der Waals surface area contributed by atoms with Gasteiger partial charge in [-0.05, 0) is 41.1 Å². The van der Waals surface area contributed by atoms with Crippen LogP contribution in [0.4, 0.5) is 4.79 Å². The van der Waals surface area contributed by atoms with Crippen LogP contribution in [-0.2, 0) is 19.5 Å². The van der Waals surface area contributed by atoms with E-state index in [1.165, 1.54) is 10.4 Å². The van der Waals surface area contributed by atoms with Gasteiger partial charge in [0.25, 0.3) is 5.91 Å². The molecule has 2 aromatic rings. The molecule has 1 aliphatic rings. The predicted octanol–water partition coefficient (Wildman–Crippen LogP) is 2.38. The minimum atomic E-state index is -0.126. The van der Waals surface area contributed by atoms with Crippen molar-refractivity contribution >= 4 is 23.3 Å². The van der Waals surface area contributed by atoms with E-state index in [1.54, 1.807) is 30.5 Å². The number of hydrogen-bond acceptors (Lipinski definition) is 3. The van der Waals surface area contributed by atoms with Gasteiger partial charge in [-0.3, -0.25) is 4.79 Å². The number of benzene rings is 1. The number of nitrogens with zero attached hydrogens (tertiary/aromatic N) is 1. The molecule has 0 atom stereocenters. The summed E-state index contributed by atoms with van der Waals surface area (Å²) in [5.74, 6) is -0.126. The molecule has 0 fully saturated rings. The Balaban J connectivity index is 1.58. The van der Waals surface area contributed by atoms with Crippen LogP contribution in [-0.4, -0.2) is 30.4 Å². The van der Waals surface area contributed by atoms with Crippen molar-refractivity contribution in [3.05, 3.63) is 57.3 Å². The van der Waals surface area contributed by atoms with E-state index in [0.29, 0.717) is 18.7 Å². The van der Waals surface area contributed by atoms with Crippen LogP contribution in [0.25, 0.3) is 0 Å². The number of amides is 3. The molecule has 3 rings (SSSR count). The number of nitrogens with one attached hydrogen (secondary N) is 2. The van der Waals surface area contributed by atoms with Gasteiger partial charge in [-0.15, -0.1) is 11.3 Å². The standard InChI is InChI=1S/C17H19N3O2S/c1-18-16(21)13-4-2-3-12(9-13)10-19-17(22)20-7-5-15-14(11-20)6-8-23-15/h2-4,6,8-9H,5,7,10-11H2,1H3,(H,18,21)(H,19,22). The van der Waals surface area contributed by atoms with Gasteiger partial charge in [0.15, 0.2) is 0 Å². The van der Waals surface area contributed by atoms with Crippen molar-refractivity contribution in [3.63, 3.8) is 0 Å². The molecule has 0 spiro atoms. The quantitative estimate of drug-likeness (QED) is 0.908. The predicted molar refractivity (Wildman–Crippen MR) is 90.5 cm³/mol. The Morgan fingerprint density at radius 3 is 3.00 bits per heavy atom. The molecule has 2 N–H and O–H groups in total. The van der Waals surface area contributed by atoms with E-state index in [9.17, 15) is 9.59 Å². The lowest BCUT2D eigenvalue weighted by molar-refractivity contribution is 0.0963. The average molecular weight is 329 g/mol. The summed E-state index contributed by atoms with van der Waals surface area (Å²) in [6.45, 7) is 1.83. The van der Waals surface area contributed by atoms with Crippen molar-refractivity contribution in [1.82, 2.24) is 15.5 Å². The molecule has 120 valence electrons. The summed E-state index contributed by atoms with van der Waals surface area (Å²) < 4.78 is 0. The molecule has 3 amide bonds. The summed E-state index contributed by atoms with van der Waals surface area (Å²) in [6, 6.07) is 9.31. The molecule has 0 saturated carbocycles. The van der Waals surface area contributed by atoms with Gasteiger partial charge in [-0.2, -0.15) is 0 Å². The number of urea groups is 1. The molecule has 1 aromatic carbocycles. The first-order chi connectivity index (χ1) is 11.2. The van der Waals surface area contributed by atoms with Crippen LogP contribution >= 0.6 is 11.3 Å². The van der Waals surface area contributed by atoms with E-state index in [0.717, 1.165) is 18.5 Å². The molecular formula is C17H19N3O2S. The Bertz CT molecular complexity index is 726. The number of hydrogen-bond donors (Lipinski definition) is 2. The van der Waals surface area contributed by atoms with Gasteiger partial charge in [0.05, 0.1) is 0 Å². The fourth-order valence-corrected chi connectivity index (χ4v) is 3.57. The Morgan fingerprint density at radius 1 is 1.30 bits per heavy atom. The van der Waals surface area contributed by atoms with Crippen LogP contribution in [0.5, 0.6) is 0 Å². The fraction of sp³-hybridized carbons (Fsp3) is 0.294. The van der Waals surface area contributed by atoms with Gasteiger partial charge in [-0.1, -0.05) is 12.1 Å². The SMILES string of the molecule is CNC(=O)c1cccc(CNC(=O)N2CCc3sccc3C2)c1. The lowest BCUT2D eigenvalue weighted by atomic mass is 10.1. The second-order valence-corrected chi connectivity index (χ2v) is 6.48. The van der Waals surface area contributed by atoms with Gasteiger partial charge in [0.2, 0.25) is 0 Å². The molecular weight excluding hydrogens is 310 g/mol. The molecule has 0 aliphatic carbocycles.